The molecule has 2 amide bonds. The van der Waals surface area contributed by atoms with Crippen LogP contribution in [0.3, 0.4) is 0 Å². The van der Waals surface area contributed by atoms with Crippen LogP contribution < -0.4 is 15.0 Å². The molecule has 0 saturated carbocycles. The molecule has 1 aliphatic rings. The topological polar surface area (TPSA) is 71.5 Å². The molecule has 2 aromatic rings. The first kappa shape index (κ1) is 16.5. The number of amides is 2. The van der Waals surface area contributed by atoms with Gasteiger partial charge in [-0.15, -0.1) is 11.3 Å². The molecule has 3 rings (SSSR count). The fourth-order valence-corrected chi connectivity index (χ4v) is 3.35. The fourth-order valence-electron chi connectivity index (χ4n) is 2.03. The molecule has 0 radical (unpaired) electrons. The summed E-state index contributed by atoms with van der Waals surface area (Å²) in [6.45, 7) is 1.28. The van der Waals surface area contributed by atoms with Crippen LogP contribution in [0, 0.1) is 0 Å². The van der Waals surface area contributed by atoms with Gasteiger partial charge in [0.05, 0.1) is 11.4 Å². The van der Waals surface area contributed by atoms with E-state index in [4.69, 9.17) is 4.74 Å². The lowest BCUT2D eigenvalue weighted by atomic mass is 10.2. The maximum atomic E-state index is 11.5. The molecule has 6 nitrogen and oxygen atoms in total. The van der Waals surface area contributed by atoms with Crippen molar-refractivity contribution in [3.05, 3.63) is 46.3 Å². The Kier molecular flexibility index (Phi) is 5.17. The second-order valence-corrected chi connectivity index (χ2v) is 6.89. The standard InChI is InChI=1S/C16H15N3O3S2/c1-19(15-17-6-9-23-15)7-8-22-12-4-2-11(3-5-12)10-13-14(20)18-16(21)24-13/h2-6,9-10H,7-8H2,1H3,(H,18,20,21). The van der Waals surface area contributed by atoms with Crippen molar-refractivity contribution < 1.29 is 14.3 Å². The number of hydrogen-bond acceptors (Lipinski definition) is 7. The van der Waals surface area contributed by atoms with E-state index in [1.54, 1.807) is 23.6 Å². The summed E-state index contributed by atoms with van der Waals surface area (Å²) in [5, 5.41) is 4.80. The van der Waals surface area contributed by atoms with Crippen molar-refractivity contribution >= 4 is 45.5 Å². The van der Waals surface area contributed by atoms with Gasteiger partial charge in [0, 0.05) is 18.6 Å². The molecule has 24 heavy (non-hydrogen) atoms. The van der Waals surface area contributed by atoms with Crippen molar-refractivity contribution in [2.24, 2.45) is 0 Å². The van der Waals surface area contributed by atoms with Gasteiger partial charge in [0.2, 0.25) is 0 Å². The molecule has 0 aliphatic carbocycles. The van der Waals surface area contributed by atoms with E-state index in [2.05, 4.69) is 10.3 Å². The van der Waals surface area contributed by atoms with Crippen molar-refractivity contribution in [1.29, 1.82) is 0 Å². The van der Waals surface area contributed by atoms with E-state index in [0.29, 0.717) is 11.5 Å². The third kappa shape index (κ3) is 4.15. The number of aromatic nitrogens is 1. The van der Waals surface area contributed by atoms with Gasteiger partial charge < -0.3 is 9.64 Å². The molecule has 0 spiro atoms. The highest BCUT2D eigenvalue weighted by atomic mass is 32.2. The van der Waals surface area contributed by atoms with E-state index in [9.17, 15) is 9.59 Å². The predicted octanol–water partition coefficient (Wildman–Crippen LogP) is 2.98. The number of nitrogens with zero attached hydrogens (tertiary/aromatic N) is 2. The van der Waals surface area contributed by atoms with Gasteiger partial charge in [0.15, 0.2) is 5.13 Å². The minimum absolute atomic E-state index is 0.337. The van der Waals surface area contributed by atoms with Gasteiger partial charge >= 0.3 is 0 Å². The molecule has 2 heterocycles. The Hall–Kier alpha value is -2.32. The molecule has 1 fully saturated rings. The maximum absolute atomic E-state index is 11.5. The van der Waals surface area contributed by atoms with Crippen LogP contribution in [0.5, 0.6) is 5.75 Å². The summed E-state index contributed by atoms with van der Waals surface area (Å²) < 4.78 is 5.71. The summed E-state index contributed by atoms with van der Waals surface area (Å²) >= 11 is 2.50. The number of hydrogen-bond donors (Lipinski definition) is 1. The number of benzene rings is 1. The summed E-state index contributed by atoms with van der Waals surface area (Å²) in [7, 11) is 1.98. The first-order chi connectivity index (χ1) is 11.6. The smallest absolute Gasteiger partial charge is 0.290 e. The Morgan fingerprint density at radius 1 is 1.29 bits per heavy atom. The number of carbonyl (C=O) groups excluding carboxylic acids is 2. The van der Waals surface area contributed by atoms with E-state index < -0.39 is 0 Å². The number of anilines is 1. The van der Waals surface area contributed by atoms with E-state index in [1.165, 1.54) is 0 Å². The molecule has 1 aromatic carbocycles. The molecular formula is C16H15N3O3S2. The molecule has 124 valence electrons. The van der Waals surface area contributed by atoms with Gasteiger partial charge in [-0.3, -0.25) is 14.9 Å². The van der Waals surface area contributed by atoms with Crippen LogP contribution in [0.25, 0.3) is 6.08 Å². The zero-order valence-electron chi connectivity index (χ0n) is 12.9. The highest BCUT2D eigenvalue weighted by Gasteiger charge is 2.24. The van der Waals surface area contributed by atoms with Crippen molar-refractivity contribution in [2.45, 2.75) is 0 Å². The van der Waals surface area contributed by atoms with E-state index in [0.717, 1.165) is 34.8 Å². The third-order valence-electron chi connectivity index (χ3n) is 3.26. The number of imide groups is 1. The lowest BCUT2D eigenvalue weighted by Gasteiger charge is -2.15. The predicted molar refractivity (Wildman–Crippen MR) is 96.4 cm³/mol. The van der Waals surface area contributed by atoms with Crippen LogP contribution in [0.15, 0.2) is 40.7 Å². The van der Waals surface area contributed by atoms with Gasteiger partial charge in [-0.05, 0) is 35.5 Å². The molecular weight excluding hydrogens is 346 g/mol. The summed E-state index contributed by atoms with van der Waals surface area (Å²) in [5.41, 5.74) is 0.842. The number of thioether (sulfide) groups is 1. The summed E-state index contributed by atoms with van der Waals surface area (Å²) in [4.78, 5) is 29.3. The number of carbonyl (C=O) groups is 2. The molecule has 1 N–H and O–H groups in total. The van der Waals surface area contributed by atoms with Crippen molar-refractivity contribution in [3.8, 4) is 5.75 Å². The lowest BCUT2D eigenvalue weighted by Crippen LogP contribution is -2.23. The van der Waals surface area contributed by atoms with E-state index in [1.807, 2.05) is 41.6 Å². The quantitative estimate of drug-likeness (QED) is 0.798. The molecule has 0 atom stereocenters. The highest BCUT2D eigenvalue weighted by Crippen LogP contribution is 2.26. The zero-order valence-corrected chi connectivity index (χ0v) is 14.5. The summed E-state index contributed by atoms with van der Waals surface area (Å²) in [6, 6.07) is 7.39. The van der Waals surface area contributed by atoms with Crippen molar-refractivity contribution in [2.75, 3.05) is 25.1 Å². The van der Waals surface area contributed by atoms with Crippen LogP contribution in [-0.2, 0) is 4.79 Å². The molecule has 8 heteroatoms. The number of nitrogens with one attached hydrogen (secondary N) is 1. The van der Waals surface area contributed by atoms with Crippen LogP contribution in [0.1, 0.15) is 5.56 Å². The Morgan fingerprint density at radius 3 is 2.71 bits per heavy atom. The Labute approximate surface area is 147 Å². The summed E-state index contributed by atoms with van der Waals surface area (Å²) in [5.74, 6) is 0.403. The van der Waals surface area contributed by atoms with Crippen LogP contribution in [0.2, 0.25) is 0 Å². The lowest BCUT2D eigenvalue weighted by molar-refractivity contribution is -0.115. The Morgan fingerprint density at radius 2 is 2.08 bits per heavy atom. The van der Waals surface area contributed by atoms with Gasteiger partial charge in [-0.25, -0.2) is 4.98 Å². The minimum atomic E-state index is -0.351. The van der Waals surface area contributed by atoms with Crippen LogP contribution in [-0.4, -0.2) is 36.3 Å². The average molecular weight is 361 g/mol. The average Bonchev–Trinajstić information content (AvgIpc) is 3.19. The molecule has 1 aromatic heterocycles. The van der Waals surface area contributed by atoms with Crippen LogP contribution in [0.4, 0.5) is 9.93 Å². The largest absolute Gasteiger partial charge is 0.492 e. The Balaban J connectivity index is 1.52. The van der Waals surface area contributed by atoms with Gasteiger partial charge in [-0.1, -0.05) is 12.1 Å². The molecule has 1 aliphatic heterocycles. The SMILES string of the molecule is CN(CCOc1ccc(C=C2SC(=O)NC2=O)cc1)c1nccs1. The monoisotopic (exact) mass is 361 g/mol. The second kappa shape index (κ2) is 7.50. The van der Waals surface area contributed by atoms with Crippen LogP contribution >= 0.6 is 23.1 Å². The summed E-state index contributed by atoms with van der Waals surface area (Å²) in [6.07, 6.45) is 3.46. The van der Waals surface area contributed by atoms with Gasteiger partial charge in [0.25, 0.3) is 11.1 Å². The zero-order chi connectivity index (χ0) is 16.9. The Bertz CT molecular complexity index is 757. The maximum Gasteiger partial charge on any atom is 0.290 e. The highest BCUT2D eigenvalue weighted by molar-refractivity contribution is 8.18. The molecule has 0 bridgehead atoms. The molecule has 0 unspecified atom stereocenters. The third-order valence-corrected chi connectivity index (χ3v) is 4.96. The number of likely N-dealkylation sites (N-methyl/N-ethyl adjacent to an activating group) is 1. The number of ether oxygens (including phenoxy) is 1. The number of thiazole rings is 1. The van der Waals surface area contributed by atoms with E-state index in [-0.39, 0.29) is 11.1 Å². The first-order valence-corrected chi connectivity index (χ1v) is 8.90. The van der Waals surface area contributed by atoms with Gasteiger partial charge in [-0.2, -0.15) is 0 Å². The van der Waals surface area contributed by atoms with Crippen molar-refractivity contribution in [1.82, 2.24) is 10.3 Å². The first-order valence-electron chi connectivity index (χ1n) is 7.20. The number of rotatable bonds is 6. The van der Waals surface area contributed by atoms with Gasteiger partial charge in [0.1, 0.15) is 12.4 Å². The minimum Gasteiger partial charge on any atom is -0.492 e. The second-order valence-electron chi connectivity index (χ2n) is 5.01. The molecule has 1 saturated heterocycles. The van der Waals surface area contributed by atoms with Crippen molar-refractivity contribution in [3.63, 3.8) is 0 Å². The normalized spacial score (nSPS) is 15.6. The van der Waals surface area contributed by atoms with E-state index >= 15 is 0 Å². The fraction of sp³-hybridized carbons (Fsp3) is 0.188.